The number of hydrogen-bond acceptors (Lipinski definition) is 6. The Hall–Kier alpha value is -4.01. The molecule has 5 rings (SSSR count). The molecular weight excluding hydrogens is 458 g/mol. The molecule has 3 heterocycles. The molecule has 0 spiro atoms. The Morgan fingerprint density at radius 1 is 1.11 bits per heavy atom. The molecule has 0 radical (unpaired) electrons. The summed E-state index contributed by atoms with van der Waals surface area (Å²) in [5.41, 5.74) is 2.54. The van der Waals surface area contributed by atoms with Crippen molar-refractivity contribution in [3.05, 3.63) is 54.4 Å². The summed E-state index contributed by atoms with van der Waals surface area (Å²) in [7, 11) is 0. The van der Waals surface area contributed by atoms with E-state index in [0.717, 1.165) is 31.2 Å². The lowest BCUT2D eigenvalue weighted by atomic mass is 9.82. The minimum Gasteiger partial charge on any atom is -0.477 e. The first kappa shape index (κ1) is 23.7. The lowest BCUT2D eigenvalue weighted by molar-refractivity contribution is -0.124. The number of rotatable bonds is 6. The number of oxazole rings is 1. The second-order valence-electron chi connectivity index (χ2n) is 9.77. The van der Waals surface area contributed by atoms with Crippen LogP contribution >= 0.6 is 0 Å². The molecule has 36 heavy (non-hydrogen) atoms. The summed E-state index contributed by atoms with van der Waals surface area (Å²) in [6, 6.07) is 10.6. The minimum atomic E-state index is -1.12. The van der Waals surface area contributed by atoms with Gasteiger partial charge >= 0.3 is 5.97 Å². The van der Waals surface area contributed by atoms with Gasteiger partial charge in [-0.1, -0.05) is 6.92 Å². The summed E-state index contributed by atoms with van der Waals surface area (Å²) in [6.07, 6.45) is 6.77. The fourth-order valence-corrected chi connectivity index (χ4v) is 4.78. The number of fused-ring (bicyclic) bond motifs is 1. The normalized spacial score (nSPS) is 18.0. The van der Waals surface area contributed by atoms with Crippen molar-refractivity contribution in [1.29, 1.82) is 0 Å². The van der Waals surface area contributed by atoms with Crippen LogP contribution in [0.2, 0.25) is 0 Å². The summed E-state index contributed by atoms with van der Waals surface area (Å²) in [6.45, 7) is 5.98. The Labute approximate surface area is 208 Å². The summed E-state index contributed by atoms with van der Waals surface area (Å²) in [5.74, 6) is -0.0480. The van der Waals surface area contributed by atoms with Gasteiger partial charge in [0.25, 0.3) is 0 Å². The second-order valence-corrected chi connectivity index (χ2v) is 9.77. The van der Waals surface area contributed by atoms with Crippen molar-refractivity contribution in [3.63, 3.8) is 0 Å². The summed E-state index contributed by atoms with van der Waals surface area (Å²) in [4.78, 5) is 35.8. The van der Waals surface area contributed by atoms with Crippen LogP contribution in [-0.4, -0.2) is 42.8 Å². The van der Waals surface area contributed by atoms with E-state index in [-0.39, 0.29) is 29.2 Å². The first-order chi connectivity index (χ1) is 17.3. The third-order valence-electron chi connectivity index (χ3n) is 6.82. The van der Waals surface area contributed by atoms with Gasteiger partial charge in [0.1, 0.15) is 5.56 Å². The highest BCUT2D eigenvalue weighted by Crippen LogP contribution is 2.33. The van der Waals surface area contributed by atoms with Crippen LogP contribution in [0.3, 0.4) is 0 Å². The van der Waals surface area contributed by atoms with Gasteiger partial charge in [0.05, 0.1) is 5.69 Å². The zero-order valence-corrected chi connectivity index (χ0v) is 20.6. The molecule has 1 aliphatic rings. The number of carbonyl (C=O) groups excluding carboxylic acids is 1. The molecule has 0 atom stereocenters. The number of carboxylic acids is 1. The molecule has 1 amide bonds. The van der Waals surface area contributed by atoms with Crippen molar-refractivity contribution in [3.8, 4) is 17.1 Å². The van der Waals surface area contributed by atoms with E-state index >= 15 is 0 Å². The van der Waals surface area contributed by atoms with Crippen LogP contribution in [0.15, 0.2) is 53.2 Å². The highest BCUT2D eigenvalue weighted by atomic mass is 16.4. The molecule has 0 unspecified atom stereocenters. The van der Waals surface area contributed by atoms with Crippen LogP contribution in [0.5, 0.6) is 0 Å². The van der Waals surface area contributed by atoms with Gasteiger partial charge in [0.2, 0.25) is 11.8 Å². The maximum Gasteiger partial charge on any atom is 0.341 e. The van der Waals surface area contributed by atoms with E-state index in [2.05, 4.69) is 22.0 Å². The third-order valence-corrected chi connectivity index (χ3v) is 6.82. The standard InChI is InChI=1S/C27H29N5O4/c1-16(2)32(26(33)19-8-6-17(3)7-9-19)24-21(27(34)35)15-31(30-24)20-12-10-18(11-13-20)25-29-23-22(36-25)5-4-14-28-23/h4-5,10-17,19H,6-9H2,1-3H3,(H,34,35)/t17-,19-. The molecule has 0 aliphatic heterocycles. The van der Waals surface area contributed by atoms with Crippen LogP contribution in [0.1, 0.15) is 56.8 Å². The van der Waals surface area contributed by atoms with Crippen LogP contribution in [-0.2, 0) is 4.79 Å². The summed E-state index contributed by atoms with van der Waals surface area (Å²) < 4.78 is 7.29. The highest BCUT2D eigenvalue weighted by Gasteiger charge is 2.34. The van der Waals surface area contributed by atoms with Crippen LogP contribution in [0, 0.1) is 11.8 Å². The molecule has 0 saturated heterocycles. The maximum absolute atomic E-state index is 13.5. The predicted octanol–water partition coefficient (Wildman–Crippen LogP) is 5.34. The largest absolute Gasteiger partial charge is 0.477 e. The van der Waals surface area contributed by atoms with E-state index in [1.165, 1.54) is 10.9 Å². The molecule has 1 N–H and O–H groups in total. The fraction of sp³-hybridized carbons (Fsp3) is 0.370. The minimum absolute atomic E-state index is 0.00432. The van der Waals surface area contributed by atoms with Gasteiger partial charge in [-0.15, -0.1) is 5.10 Å². The number of pyridine rings is 1. The number of aromatic nitrogens is 4. The van der Waals surface area contributed by atoms with E-state index in [4.69, 9.17) is 4.42 Å². The molecule has 186 valence electrons. The zero-order valence-electron chi connectivity index (χ0n) is 20.6. The highest BCUT2D eigenvalue weighted by molar-refractivity contribution is 6.01. The van der Waals surface area contributed by atoms with Gasteiger partial charge in [0, 0.05) is 29.9 Å². The van der Waals surface area contributed by atoms with E-state index in [1.807, 2.05) is 44.2 Å². The van der Waals surface area contributed by atoms with Gasteiger partial charge < -0.3 is 9.52 Å². The molecule has 1 aromatic carbocycles. The van der Waals surface area contributed by atoms with E-state index in [0.29, 0.717) is 28.7 Å². The Morgan fingerprint density at radius 3 is 2.47 bits per heavy atom. The van der Waals surface area contributed by atoms with Gasteiger partial charge in [0.15, 0.2) is 17.0 Å². The summed E-state index contributed by atoms with van der Waals surface area (Å²) >= 11 is 0. The molecule has 4 aromatic rings. The van der Waals surface area contributed by atoms with Crippen molar-refractivity contribution in [2.45, 2.75) is 52.5 Å². The van der Waals surface area contributed by atoms with Gasteiger partial charge in [-0.25, -0.2) is 14.5 Å². The number of benzene rings is 1. The molecule has 9 nitrogen and oxygen atoms in total. The second kappa shape index (κ2) is 9.56. The molecule has 3 aromatic heterocycles. The van der Waals surface area contributed by atoms with Crippen molar-refractivity contribution >= 4 is 28.9 Å². The number of nitrogens with zero attached hydrogens (tertiary/aromatic N) is 5. The van der Waals surface area contributed by atoms with Gasteiger partial charge in [-0.05, 0) is 81.8 Å². The summed E-state index contributed by atoms with van der Waals surface area (Å²) in [5, 5.41) is 14.5. The smallest absolute Gasteiger partial charge is 0.341 e. The van der Waals surface area contributed by atoms with Gasteiger partial charge in [-0.2, -0.15) is 4.98 Å². The SMILES string of the molecule is CC(C)N(c1nn(-c2ccc(-c3nc4ncccc4o3)cc2)cc1C(=O)O)C(=O)[C@H]1CC[C@H](C)CC1. The number of hydrogen-bond donors (Lipinski definition) is 1. The molecule has 1 aliphatic carbocycles. The number of anilines is 1. The van der Waals surface area contributed by atoms with Crippen molar-refractivity contribution in [1.82, 2.24) is 19.7 Å². The fourth-order valence-electron chi connectivity index (χ4n) is 4.78. The topological polar surface area (TPSA) is 114 Å². The molecular formula is C27H29N5O4. The number of carbonyl (C=O) groups is 2. The Balaban J connectivity index is 1.46. The van der Waals surface area contributed by atoms with Crippen LogP contribution in [0.25, 0.3) is 28.4 Å². The Kier molecular flexibility index (Phi) is 6.30. The molecule has 0 bridgehead atoms. The van der Waals surface area contributed by atoms with E-state index < -0.39 is 5.97 Å². The lowest BCUT2D eigenvalue weighted by Crippen LogP contribution is -2.43. The van der Waals surface area contributed by atoms with Crippen molar-refractivity contribution < 1.29 is 19.1 Å². The first-order valence-electron chi connectivity index (χ1n) is 12.3. The Morgan fingerprint density at radius 2 is 1.83 bits per heavy atom. The van der Waals surface area contributed by atoms with Gasteiger partial charge in [-0.3, -0.25) is 9.69 Å². The van der Waals surface area contributed by atoms with Crippen LogP contribution < -0.4 is 4.90 Å². The number of aromatic carboxylic acids is 1. The monoisotopic (exact) mass is 487 g/mol. The zero-order chi connectivity index (χ0) is 25.4. The number of carboxylic acid groups (broad SMARTS) is 1. The molecule has 1 fully saturated rings. The average molecular weight is 488 g/mol. The first-order valence-corrected chi connectivity index (χ1v) is 12.3. The lowest BCUT2D eigenvalue weighted by Gasteiger charge is -2.32. The van der Waals surface area contributed by atoms with Crippen molar-refractivity contribution in [2.75, 3.05) is 4.90 Å². The van der Waals surface area contributed by atoms with Crippen molar-refractivity contribution in [2.24, 2.45) is 11.8 Å². The maximum atomic E-state index is 13.5. The van der Waals surface area contributed by atoms with E-state index in [9.17, 15) is 14.7 Å². The predicted molar refractivity (Wildman–Crippen MR) is 135 cm³/mol. The quantitative estimate of drug-likeness (QED) is 0.390. The van der Waals surface area contributed by atoms with E-state index in [1.54, 1.807) is 17.2 Å². The number of amides is 1. The Bertz CT molecular complexity index is 1360. The average Bonchev–Trinajstić information content (AvgIpc) is 3.49. The van der Waals surface area contributed by atoms with Crippen LogP contribution in [0.4, 0.5) is 5.82 Å². The molecule has 9 heteroatoms. The molecule has 1 saturated carbocycles. The third kappa shape index (κ3) is 4.48.